The number of aromatic nitrogens is 4. The zero-order valence-electron chi connectivity index (χ0n) is 16.4. The van der Waals surface area contributed by atoms with E-state index in [0.717, 1.165) is 46.0 Å². The lowest BCUT2D eigenvalue weighted by atomic mass is 9.90. The van der Waals surface area contributed by atoms with Crippen molar-refractivity contribution in [2.75, 3.05) is 0 Å². The molecule has 0 aliphatic carbocycles. The van der Waals surface area contributed by atoms with Crippen LogP contribution in [0.25, 0.3) is 28.4 Å². The number of nitrogens with zero attached hydrogens (tertiary/aromatic N) is 3. The van der Waals surface area contributed by atoms with Crippen molar-refractivity contribution in [2.24, 2.45) is 0 Å². The van der Waals surface area contributed by atoms with E-state index in [-0.39, 0.29) is 0 Å². The number of hydrogen-bond acceptors (Lipinski definition) is 4. The van der Waals surface area contributed by atoms with Crippen molar-refractivity contribution in [2.45, 2.75) is 13.3 Å². The first-order chi connectivity index (χ1) is 14.7. The normalized spacial score (nSPS) is 12.3. The van der Waals surface area contributed by atoms with E-state index in [1.807, 2.05) is 42.5 Å². The molecule has 0 aliphatic rings. The number of benzene rings is 2. The smallest absolute Gasteiger partial charge is 0.328 e. The molecule has 2 aromatic carbocycles. The number of rotatable bonds is 6. The average molecular weight is 396 g/mol. The molecule has 0 bridgehead atoms. The Morgan fingerprint density at radius 2 is 1.80 bits per heavy atom. The minimum atomic E-state index is -0.972. The number of aromatic amines is 1. The molecule has 2 aromatic heterocycles. The minimum absolute atomic E-state index is 0.644. The molecule has 0 saturated carbocycles. The SMILES string of the molecule is CC/C(=C(/c1ccc(/C=C/C(=O)O)cc1)c1cnc2[nH]ncc2n1)c1ccccc1. The number of H-pyrrole nitrogens is 1. The van der Waals surface area contributed by atoms with Crippen LogP contribution >= 0.6 is 0 Å². The van der Waals surface area contributed by atoms with Crippen LogP contribution in [0, 0.1) is 0 Å². The Labute approximate surface area is 173 Å². The summed E-state index contributed by atoms with van der Waals surface area (Å²) in [5.74, 6) is -0.972. The van der Waals surface area contributed by atoms with Gasteiger partial charge in [-0.15, -0.1) is 0 Å². The van der Waals surface area contributed by atoms with Crippen LogP contribution in [-0.4, -0.2) is 31.2 Å². The molecule has 6 nitrogen and oxygen atoms in total. The van der Waals surface area contributed by atoms with Crippen LogP contribution in [0.4, 0.5) is 0 Å². The maximum atomic E-state index is 10.8. The molecular weight excluding hydrogens is 376 g/mol. The van der Waals surface area contributed by atoms with Gasteiger partial charge < -0.3 is 5.11 Å². The van der Waals surface area contributed by atoms with Gasteiger partial charge in [0.2, 0.25) is 0 Å². The third-order valence-electron chi connectivity index (χ3n) is 4.81. The van der Waals surface area contributed by atoms with E-state index in [2.05, 4.69) is 34.2 Å². The zero-order chi connectivity index (χ0) is 20.9. The second-order valence-corrected chi connectivity index (χ2v) is 6.73. The Morgan fingerprint density at radius 3 is 2.50 bits per heavy atom. The Morgan fingerprint density at radius 1 is 1.03 bits per heavy atom. The van der Waals surface area contributed by atoms with Crippen LogP contribution in [0.3, 0.4) is 0 Å². The molecule has 0 amide bonds. The van der Waals surface area contributed by atoms with Gasteiger partial charge in [0.15, 0.2) is 5.65 Å². The molecule has 6 heteroatoms. The molecular formula is C24H20N4O2. The lowest BCUT2D eigenvalue weighted by Crippen LogP contribution is -1.99. The molecule has 0 saturated heterocycles. The summed E-state index contributed by atoms with van der Waals surface area (Å²) in [7, 11) is 0. The van der Waals surface area contributed by atoms with Gasteiger partial charge in [-0.2, -0.15) is 5.10 Å². The highest BCUT2D eigenvalue weighted by Gasteiger charge is 2.15. The number of hydrogen-bond donors (Lipinski definition) is 2. The summed E-state index contributed by atoms with van der Waals surface area (Å²) in [5.41, 5.74) is 7.18. The molecule has 30 heavy (non-hydrogen) atoms. The standard InChI is InChI=1S/C24H20N4O2/c1-2-19(17-6-4-3-5-7-17)23(20-14-25-24-21(27-20)15-26-28-24)18-11-8-16(9-12-18)10-13-22(29)30/h3-15H,2H2,1H3,(H,29,30)(H,25,26,28)/b13-10+,23-19+. The Bertz CT molecular complexity index is 1240. The summed E-state index contributed by atoms with van der Waals surface area (Å²) in [6.45, 7) is 2.12. The van der Waals surface area contributed by atoms with E-state index in [0.29, 0.717) is 11.2 Å². The van der Waals surface area contributed by atoms with Gasteiger partial charge in [-0.1, -0.05) is 61.5 Å². The van der Waals surface area contributed by atoms with Crippen molar-refractivity contribution in [3.05, 3.63) is 95.5 Å². The highest BCUT2D eigenvalue weighted by atomic mass is 16.4. The maximum absolute atomic E-state index is 10.8. The van der Waals surface area contributed by atoms with Crippen molar-refractivity contribution in [1.29, 1.82) is 0 Å². The van der Waals surface area contributed by atoms with Crippen LogP contribution in [-0.2, 0) is 4.79 Å². The monoisotopic (exact) mass is 396 g/mol. The molecule has 4 aromatic rings. The van der Waals surface area contributed by atoms with Crippen LogP contribution in [0.1, 0.15) is 35.7 Å². The molecule has 0 unspecified atom stereocenters. The second kappa shape index (κ2) is 8.53. The van der Waals surface area contributed by atoms with Crippen molar-refractivity contribution >= 4 is 34.4 Å². The molecule has 2 N–H and O–H groups in total. The second-order valence-electron chi connectivity index (χ2n) is 6.73. The Balaban J connectivity index is 1.89. The molecule has 148 valence electrons. The van der Waals surface area contributed by atoms with E-state index in [9.17, 15) is 4.79 Å². The molecule has 0 atom stereocenters. The van der Waals surface area contributed by atoms with Gasteiger partial charge >= 0.3 is 5.97 Å². The van der Waals surface area contributed by atoms with Crippen LogP contribution in [0.2, 0.25) is 0 Å². The van der Waals surface area contributed by atoms with Gasteiger partial charge in [0, 0.05) is 11.6 Å². The maximum Gasteiger partial charge on any atom is 0.328 e. The number of allylic oxidation sites excluding steroid dienone is 1. The van der Waals surface area contributed by atoms with Crippen molar-refractivity contribution in [1.82, 2.24) is 20.2 Å². The third kappa shape index (κ3) is 4.03. The first-order valence-electron chi connectivity index (χ1n) is 9.62. The molecule has 0 radical (unpaired) electrons. The Hall–Kier alpha value is -4.06. The fourth-order valence-corrected chi connectivity index (χ4v) is 3.42. The first-order valence-corrected chi connectivity index (χ1v) is 9.62. The van der Waals surface area contributed by atoms with Crippen LogP contribution in [0.5, 0.6) is 0 Å². The van der Waals surface area contributed by atoms with E-state index in [1.54, 1.807) is 18.5 Å². The van der Waals surface area contributed by atoms with Gasteiger partial charge in [-0.3, -0.25) is 5.10 Å². The van der Waals surface area contributed by atoms with Gasteiger partial charge in [-0.25, -0.2) is 14.8 Å². The molecule has 2 heterocycles. The highest BCUT2D eigenvalue weighted by molar-refractivity contribution is 5.98. The minimum Gasteiger partial charge on any atom is -0.478 e. The van der Waals surface area contributed by atoms with E-state index >= 15 is 0 Å². The zero-order valence-corrected chi connectivity index (χ0v) is 16.4. The van der Waals surface area contributed by atoms with Gasteiger partial charge in [0.1, 0.15) is 5.52 Å². The van der Waals surface area contributed by atoms with Crippen LogP contribution in [0.15, 0.2) is 73.1 Å². The largest absolute Gasteiger partial charge is 0.478 e. The number of carboxylic acids is 1. The number of carboxylic acid groups (broad SMARTS) is 1. The van der Waals surface area contributed by atoms with Crippen molar-refractivity contribution in [3.63, 3.8) is 0 Å². The van der Waals surface area contributed by atoms with E-state index < -0.39 is 5.97 Å². The predicted molar refractivity (Wildman–Crippen MR) is 117 cm³/mol. The summed E-state index contributed by atoms with van der Waals surface area (Å²) >= 11 is 0. The molecule has 0 spiro atoms. The first kappa shape index (κ1) is 19.3. The number of aliphatic carboxylic acids is 1. The van der Waals surface area contributed by atoms with Crippen molar-refractivity contribution in [3.8, 4) is 0 Å². The fraction of sp³-hybridized carbons (Fsp3) is 0.0833. The summed E-state index contributed by atoms with van der Waals surface area (Å²) in [5, 5.41) is 15.7. The summed E-state index contributed by atoms with van der Waals surface area (Å²) in [6.07, 6.45) is 6.94. The quantitative estimate of drug-likeness (QED) is 0.360. The fourth-order valence-electron chi connectivity index (χ4n) is 3.42. The average Bonchev–Trinajstić information content (AvgIpc) is 3.25. The number of carbonyl (C=O) groups is 1. The third-order valence-corrected chi connectivity index (χ3v) is 4.81. The van der Waals surface area contributed by atoms with Gasteiger partial charge in [0.05, 0.1) is 18.1 Å². The highest BCUT2D eigenvalue weighted by Crippen LogP contribution is 2.33. The number of nitrogens with one attached hydrogen (secondary N) is 1. The van der Waals surface area contributed by atoms with E-state index in [4.69, 9.17) is 10.1 Å². The topological polar surface area (TPSA) is 91.8 Å². The Kier molecular flexibility index (Phi) is 5.48. The van der Waals surface area contributed by atoms with Crippen molar-refractivity contribution < 1.29 is 9.90 Å². The van der Waals surface area contributed by atoms with Crippen LogP contribution < -0.4 is 0 Å². The van der Waals surface area contributed by atoms with Gasteiger partial charge in [0.25, 0.3) is 0 Å². The summed E-state index contributed by atoms with van der Waals surface area (Å²) < 4.78 is 0. The predicted octanol–water partition coefficient (Wildman–Crippen LogP) is 4.82. The number of fused-ring (bicyclic) bond motifs is 1. The van der Waals surface area contributed by atoms with Gasteiger partial charge in [-0.05, 0) is 34.8 Å². The molecule has 0 aliphatic heterocycles. The molecule has 4 rings (SSSR count). The lowest BCUT2D eigenvalue weighted by Gasteiger charge is -2.15. The molecule has 0 fully saturated rings. The summed E-state index contributed by atoms with van der Waals surface area (Å²) in [6, 6.07) is 18.0. The lowest BCUT2D eigenvalue weighted by molar-refractivity contribution is -0.131. The van der Waals surface area contributed by atoms with E-state index in [1.165, 1.54) is 0 Å². The summed E-state index contributed by atoms with van der Waals surface area (Å²) in [4.78, 5) is 20.0.